The van der Waals surface area contributed by atoms with Crippen molar-refractivity contribution < 1.29 is 0 Å². The molecule has 1 heterocycles. The van der Waals surface area contributed by atoms with Gasteiger partial charge in [-0.3, -0.25) is 5.10 Å². The molecule has 0 atom stereocenters. The maximum atomic E-state index is 6.08. The highest BCUT2D eigenvalue weighted by molar-refractivity contribution is 6.30. The van der Waals surface area contributed by atoms with E-state index < -0.39 is 0 Å². The Morgan fingerprint density at radius 2 is 2.21 bits per heavy atom. The second-order valence-corrected chi connectivity index (χ2v) is 5.19. The van der Waals surface area contributed by atoms with Crippen molar-refractivity contribution in [1.82, 2.24) is 15.1 Å². The van der Waals surface area contributed by atoms with Gasteiger partial charge in [-0.1, -0.05) is 17.7 Å². The lowest BCUT2D eigenvalue weighted by atomic mass is 10.0. The van der Waals surface area contributed by atoms with E-state index in [9.17, 15) is 0 Å². The van der Waals surface area contributed by atoms with E-state index in [1.54, 1.807) is 0 Å². The van der Waals surface area contributed by atoms with Crippen molar-refractivity contribution in [2.45, 2.75) is 13.5 Å². The highest BCUT2D eigenvalue weighted by atomic mass is 35.5. The van der Waals surface area contributed by atoms with Gasteiger partial charge in [0.05, 0.1) is 11.9 Å². The van der Waals surface area contributed by atoms with E-state index in [0.717, 1.165) is 34.9 Å². The summed E-state index contributed by atoms with van der Waals surface area (Å²) in [4.78, 5) is 2.17. The Morgan fingerprint density at radius 3 is 2.95 bits per heavy atom. The maximum Gasteiger partial charge on any atom is 0.0698 e. The predicted octanol–water partition coefficient (Wildman–Crippen LogP) is 2.43. The van der Waals surface area contributed by atoms with Crippen molar-refractivity contribution in [2.75, 3.05) is 20.1 Å². The summed E-state index contributed by atoms with van der Waals surface area (Å²) in [7, 11) is 2.05. The van der Waals surface area contributed by atoms with Crippen LogP contribution >= 0.6 is 11.6 Å². The van der Waals surface area contributed by atoms with Crippen LogP contribution in [0.4, 0.5) is 0 Å². The average Bonchev–Trinajstić information content (AvgIpc) is 2.80. The van der Waals surface area contributed by atoms with Crippen LogP contribution in [0.1, 0.15) is 11.1 Å². The zero-order valence-corrected chi connectivity index (χ0v) is 12.0. The second kappa shape index (κ2) is 6.19. The Morgan fingerprint density at radius 1 is 1.42 bits per heavy atom. The van der Waals surface area contributed by atoms with Crippen molar-refractivity contribution in [2.24, 2.45) is 5.73 Å². The molecule has 0 saturated carbocycles. The third kappa shape index (κ3) is 3.35. The number of nitrogens with one attached hydrogen (secondary N) is 1. The van der Waals surface area contributed by atoms with Crippen LogP contribution in [0.25, 0.3) is 11.3 Å². The van der Waals surface area contributed by atoms with Crippen LogP contribution in [0.2, 0.25) is 5.02 Å². The van der Waals surface area contributed by atoms with Crippen molar-refractivity contribution >= 4 is 11.6 Å². The van der Waals surface area contributed by atoms with Crippen LogP contribution in [0.5, 0.6) is 0 Å². The lowest BCUT2D eigenvalue weighted by Gasteiger charge is -2.15. The van der Waals surface area contributed by atoms with Crippen LogP contribution in [-0.2, 0) is 6.54 Å². The number of H-pyrrole nitrogens is 1. The van der Waals surface area contributed by atoms with Crippen LogP contribution < -0.4 is 5.73 Å². The molecule has 5 heteroatoms. The van der Waals surface area contributed by atoms with Gasteiger partial charge >= 0.3 is 0 Å². The molecule has 0 aliphatic heterocycles. The highest BCUT2D eigenvalue weighted by Crippen LogP contribution is 2.28. The summed E-state index contributed by atoms with van der Waals surface area (Å²) in [6, 6.07) is 5.89. The molecule has 102 valence electrons. The van der Waals surface area contributed by atoms with Gasteiger partial charge in [0.15, 0.2) is 0 Å². The zero-order valence-electron chi connectivity index (χ0n) is 11.3. The molecular weight excluding hydrogens is 260 g/mol. The minimum absolute atomic E-state index is 0.653. The first-order valence-corrected chi connectivity index (χ1v) is 6.67. The second-order valence-electron chi connectivity index (χ2n) is 4.76. The number of hydrogen-bond donors (Lipinski definition) is 2. The van der Waals surface area contributed by atoms with Crippen LogP contribution in [0, 0.1) is 6.92 Å². The zero-order chi connectivity index (χ0) is 13.8. The molecule has 0 saturated heterocycles. The molecular formula is C14H19ClN4. The van der Waals surface area contributed by atoms with Crippen molar-refractivity contribution in [3.63, 3.8) is 0 Å². The van der Waals surface area contributed by atoms with E-state index in [1.807, 2.05) is 24.4 Å². The molecule has 2 aromatic rings. The number of aromatic amines is 1. The number of hydrogen-bond acceptors (Lipinski definition) is 3. The van der Waals surface area contributed by atoms with Crippen molar-refractivity contribution in [1.29, 1.82) is 0 Å². The lowest BCUT2D eigenvalue weighted by molar-refractivity contribution is 0.337. The van der Waals surface area contributed by atoms with E-state index in [1.165, 1.54) is 5.56 Å². The van der Waals surface area contributed by atoms with Gasteiger partial charge in [-0.15, -0.1) is 0 Å². The molecule has 0 unspecified atom stereocenters. The fraction of sp³-hybridized carbons (Fsp3) is 0.357. The van der Waals surface area contributed by atoms with Gasteiger partial charge in [-0.25, -0.2) is 0 Å². The Labute approximate surface area is 118 Å². The quantitative estimate of drug-likeness (QED) is 0.883. The summed E-state index contributed by atoms with van der Waals surface area (Å²) >= 11 is 6.08. The standard InChI is InChI=1S/C14H19ClN4/c1-10-3-4-12(15)7-13(10)14-11(8-17-18-14)9-19(2)6-5-16/h3-4,7-8H,5-6,9,16H2,1-2H3,(H,17,18). The summed E-state index contributed by atoms with van der Waals surface area (Å²) in [5, 5.41) is 7.96. The Hall–Kier alpha value is -1.36. The predicted molar refractivity (Wildman–Crippen MR) is 79.2 cm³/mol. The summed E-state index contributed by atoms with van der Waals surface area (Å²) in [5.41, 5.74) is 10.0. The summed E-state index contributed by atoms with van der Waals surface area (Å²) in [5.74, 6) is 0. The van der Waals surface area contributed by atoms with Gasteiger partial charge in [0.2, 0.25) is 0 Å². The number of nitrogens with zero attached hydrogens (tertiary/aromatic N) is 2. The van der Waals surface area contributed by atoms with Gasteiger partial charge < -0.3 is 10.6 Å². The molecule has 4 nitrogen and oxygen atoms in total. The monoisotopic (exact) mass is 278 g/mol. The fourth-order valence-electron chi connectivity index (χ4n) is 2.12. The molecule has 1 aromatic heterocycles. The van der Waals surface area contributed by atoms with Crippen LogP contribution in [0.3, 0.4) is 0 Å². The number of nitrogens with two attached hydrogens (primary N) is 1. The number of aromatic nitrogens is 2. The van der Waals surface area contributed by atoms with Crippen molar-refractivity contribution in [3.05, 3.63) is 40.5 Å². The van der Waals surface area contributed by atoms with Crippen molar-refractivity contribution in [3.8, 4) is 11.3 Å². The van der Waals surface area contributed by atoms with Crippen LogP contribution in [0.15, 0.2) is 24.4 Å². The first-order chi connectivity index (χ1) is 9.11. The fourth-order valence-corrected chi connectivity index (χ4v) is 2.29. The van der Waals surface area contributed by atoms with Gasteiger partial charge in [0.1, 0.15) is 0 Å². The van der Waals surface area contributed by atoms with Gasteiger partial charge in [-0.2, -0.15) is 5.10 Å². The van der Waals surface area contributed by atoms with Crippen LogP contribution in [-0.4, -0.2) is 35.2 Å². The summed E-state index contributed by atoms with van der Waals surface area (Å²) in [6.07, 6.45) is 1.86. The number of likely N-dealkylation sites (N-methyl/N-ethyl adjacent to an activating group) is 1. The number of rotatable bonds is 5. The van der Waals surface area contributed by atoms with E-state index in [4.69, 9.17) is 17.3 Å². The van der Waals surface area contributed by atoms with Gasteiger partial charge in [0.25, 0.3) is 0 Å². The smallest absolute Gasteiger partial charge is 0.0698 e. The third-order valence-corrected chi connectivity index (χ3v) is 3.37. The summed E-state index contributed by atoms with van der Waals surface area (Å²) < 4.78 is 0. The summed E-state index contributed by atoms with van der Waals surface area (Å²) in [6.45, 7) is 4.40. The first-order valence-electron chi connectivity index (χ1n) is 6.29. The third-order valence-electron chi connectivity index (χ3n) is 3.14. The molecule has 0 aliphatic rings. The topological polar surface area (TPSA) is 57.9 Å². The highest BCUT2D eigenvalue weighted by Gasteiger charge is 2.12. The molecule has 1 aromatic carbocycles. The van der Waals surface area contributed by atoms with E-state index in [0.29, 0.717) is 6.54 Å². The van der Waals surface area contributed by atoms with E-state index >= 15 is 0 Å². The molecule has 19 heavy (non-hydrogen) atoms. The molecule has 0 radical (unpaired) electrons. The number of halogens is 1. The van der Waals surface area contributed by atoms with Gasteiger partial charge in [0, 0.05) is 35.8 Å². The number of benzene rings is 1. The minimum atomic E-state index is 0.653. The molecule has 2 rings (SSSR count). The Bertz CT molecular complexity index is 550. The molecule has 0 fully saturated rings. The Balaban J connectivity index is 2.31. The van der Waals surface area contributed by atoms with Gasteiger partial charge in [-0.05, 0) is 31.7 Å². The molecule has 0 spiro atoms. The average molecular weight is 279 g/mol. The SMILES string of the molecule is Cc1ccc(Cl)cc1-c1[nH]ncc1CN(C)CCN. The number of aryl methyl sites for hydroxylation is 1. The maximum absolute atomic E-state index is 6.08. The lowest BCUT2D eigenvalue weighted by Crippen LogP contribution is -2.25. The Kier molecular flexibility index (Phi) is 4.58. The molecule has 0 amide bonds. The molecule has 0 aliphatic carbocycles. The normalized spacial score (nSPS) is 11.2. The first kappa shape index (κ1) is 14.1. The van der Waals surface area contributed by atoms with E-state index in [-0.39, 0.29) is 0 Å². The minimum Gasteiger partial charge on any atom is -0.329 e. The molecule has 3 N–H and O–H groups in total. The molecule has 0 bridgehead atoms. The largest absolute Gasteiger partial charge is 0.329 e. The van der Waals surface area contributed by atoms with E-state index in [2.05, 4.69) is 29.1 Å².